The number of carbonyl (C=O) groups excluding carboxylic acids is 2. The van der Waals surface area contributed by atoms with Crippen molar-refractivity contribution in [2.24, 2.45) is 23.2 Å². The molecule has 0 radical (unpaired) electrons. The Morgan fingerprint density at radius 2 is 1.74 bits per heavy atom. The van der Waals surface area contributed by atoms with Crippen molar-refractivity contribution in [1.82, 2.24) is 10.2 Å². The van der Waals surface area contributed by atoms with Crippen LogP contribution in [0.1, 0.15) is 55.5 Å². The average molecular weight is 741 g/mol. The number of methoxy groups -OCH3 is 1. The Bertz CT molecular complexity index is 1610. The number of furan rings is 1. The molecule has 8 rings (SSSR count). The number of aliphatic hydroxyl groups excluding tert-OH is 2. The van der Waals surface area contributed by atoms with E-state index in [0.29, 0.717) is 47.0 Å². The van der Waals surface area contributed by atoms with Crippen LogP contribution in [0.4, 0.5) is 0 Å². The van der Waals surface area contributed by atoms with Gasteiger partial charge in [0.1, 0.15) is 18.0 Å². The molecule has 4 bridgehead atoms. The third-order valence-corrected chi connectivity index (χ3v) is 11.5. The fourth-order valence-electron chi connectivity index (χ4n) is 9.10. The SMILES string of the molecule is COc1cccc2cc(C(=O)N(CC34CC5CC(CC(C5)C3)C4)[C@@H]3CC(C(=O)NCCO)=C[C@H](Oc4ccccc4I)[C@H]3O)oc12. The maximum atomic E-state index is 14.7. The van der Waals surface area contributed by atoms with Crippen LogP contribution in [0.3, 0.4) is 0 Å². The summed E-state index contributed by atoms with van der Waals surface area (Å²) in [6.45, 7) is 0.383. The van der Waals surface area contributed by atoms with Crippen molar-refractivity contribution in [3.8, 4) is 11.5 Å². The van der Waals surface area contributed by atoms with E-state index in [1.807, 2.05) is 36.4 Å². The molecule has 2 amide bonds. The van der Waals surface area contributed by atoms with E-state index in [9.17, 15) is 19.8 Å². The first-order valence-electron chi connectivity index (χ1n) is 16.3. The number of rotatable bonds is 10. The zero-order chi connectivity index (χ0) is 32.0. The molecule has 4 fully saturated rings. The number of benzene rings is 2. The topological polar surface area (TPSA) is 121 Å². The lowest BCUT2D eigenvalue weighted by Crippen LogP contribution is -2.59. The van der Waals surface area contributed by atoms with Crippen LogP contribution in [0.15, 0.2) is 64.6 Å². The number of ether oxygens (including phenoxy) is 2. The Kier molecular flexibility index (Phi) is 8.79. The standard InChI is InChI=1S/C36H41IN2O7/c1-44-29-8-4-5-24-15-31(46-33(24)29)35(43)39(20-36-17-21-11-22(18-36)13-23(12-21)19-36)27-14-25(34(42)38-9-10-40)16-30(32(27)41)45-28-7-3-2-6-26(28)37/h2-8,15-16,21-23,27,30,32,40-41H,9-14,17-20H2,1H3,(H,38,42)/t21?,22?,23?,27-,30+,32+,36?/m1/s1. The molecular formula is C36H41IN2O7. The van der Waals surface area contributed by atoms with Crippen LogP contribution in [0.5, 0.6) is 11.5 Å². The van der Waals surface area contributed by atoms with Crippen molar-refractivity contribution in [1.29, 1.82) is 0 Å². The number of nitrogens with zero attached hydrogens (tertiary/aromatic N) is 1. The Morgan fingerprint density at radius 3 is 2.41 bits per heavy atom. The zero-order valence-corrected chi connectivity index (χ0v) is 28.1. The molecule has 2 aromatic carbocycles. The maximum absolute atomic E-state index is 14.7. The van der Waals surface area contributed by atoms with Gasteiger partial charge in [-0.25, -0.2) is 0 Å². The van der Waals surface area contributed by atoms with Crippen molar-refractivity contribution in [3.05, 3.63) is 69.5 Å². The number of aliphatic hydroxyl groups is 2. The first-order chi connectivity index (χ1) is 22.3. The number of hydrogen-bond donors (Lipinski definition) is 3. The van der Waals surface area contributed by atoms with Gasteiger partial charge in [-0.3, -0.25) is 9.59 Å². The summed E-state index contributed by atoms with van der Waals surface area (Å²) in [5.74, 6) is 2.65. The highest BCUT2D eigenvalue weighted by molar-refractivity contribution is 14.1. The second-order valence-corrected chi connectivity index (χ2v) is 14.9. The molecular weight excluding hydrogens is 699 g/mol. The van der Waals surface area contributed by atoms with E-state index in [2.05, 4.69) is 27.9 Å². The molecule has 3 N–H and O–H groups in total. The van der Waals surface area contributed by atoms with Crippen molar-refractivity contribution in [3.63, 3.8) is 0 Å². The molecule has 46 heavy (non-hydrogen) atoms. The van der Waals surface area contributed by atoms with Crippen molar-refractivity contribution in [2.45, 2.75) is 63.2 Å². The number of carbonyl (C=O) groups is 2. The predicted octanol–water partition coefficient (Wildman–Crippen LogP) is 5.32. The number of hydrogen-bond acceptors (Lipinski definition) is 7. The molecule has 3 aromatic rings. The third kappa shape index (κ3) is 6.04. The molecule has 0 spiro atoms. The molecule has 3 atom stereocenters. The van der Waals surface area contributed by atoms with Gasteiger partial charge in [-0.05, 0) is 115 Å². The summed E-state index contributed by atoms with van der Waals surface area (Å²) in [7, 11) is 1.57. The molecule has 0 aliphatic heterocycles. The summed E-state index contributed by atoms with van der Waals surface area (Å²) in [5, 5.41) is 25.0. The molecule has 0 unspecified atom stereocenters. The first kappa shape index (κ1) is 31.5. The summed E-state index contributed by atoms with van der Waals surface area (Å²) >= 11 is 2.19. The van der Waals surface area contributed by atoms with Crippen LogP contribution in [0, 0.1) is 26.7 Å². The van der Waals surface area contributed by atoms with Gasteiger partial charge in [-0.15, -0.1) is 0 Å². The van der Waals surface area contributed by atoms with Crippen molar-refractivity contribution >= 4 is 45.4 Å². The van der Waals surface area contributed by atoms with Crippen LogP contribution in [-0.4, -0.2) is 72.0 Å². The molecule has 9 nitrogen and oxygen atoms in total. The molecule has 1 aromatic heterocycles. The maximum Gasteiger partial charge on any atom is 0.289 e. The van der Waals surface area contributed by atoms with Gasteiger partial charge in [0.25, 0.3) is 5.91 Å². The van der Waals surface area contributed by atoms with Gasteiger partial charge in [0, 0.05) is 30.5 Å². The molecule has 5 aliphatic rings. The molecule has 10 heteroatoms. The van der Waals surface area contributed by atoms with Crippen molar-refractivity contribution < 1.29 is 33.7 Å². The Hall–Kier alpha value is -3.09. The smallest absolute Gasteiger partial charge is 0.289 e. The normalized spacial score (nSPS) is 29.8. The van der Waals surface area contributed by atoms with Crippen LogP contribution in [0.25, 0.3) is 11.0 Å². The second-order valence-electron chi connectivity index (χ2n) is 13.8. The van der Waals surface area contributed by atoms with E-state index in [0.717, 1.165) is 28.2 Å². The lowest BCUT2D eigenvalue weighted by atomic mass is 9.49. The summed E-state index contributed by atoms with van der Waals surface area (Å²) in [6.07, 6.45) is 6.84. The van der Waals surface area contributed by atoms with E-state index in [4.69, 9.17) is 13.9 Å². The van der Waals surface area contributed by atoms with Crippen LogP contribution >= 0.6 is 22.6 Å². The van der Waals surface area contributed by atoms with Gasteiger partial charge in [-0.1, -0.05) is 24.3 Å². The van der Waals surface area contributed by atoms with E-state index in [1.54, 1.807) is 30.2 Å². The van der Waals surface area contributed by atoms with Gasteiger partial charge in [0.15, 0.2) is 17.1 Å². The van der Waals surface area contributed by atoms with Gasteiger partial charge in [0.2, 0.25) is 5.91 Å². The lowest BCUT2D eigenvalue weighted by Gasteiger charge is -2.58. The summed E-state index contributed by atoms with van der Waals surface area (Å²) in [6, 6.07) is 14.1. The lowest BCUT2D eigenvalue weighted by molar-refractivity contribution is -0.118. The molecule has 5 aliphatic carbocycles. The summed E-state index contributed by atoms with van der Waals surface area (Å²) < 4.78 is 19.0. The summed E-state index contributed by atoms with van der Waals surface area (Å²) in [5.41, 5.74) is 0.866. The highest BCUT2D eigenvalue weighted by Gasteiger charge is 2.53. The average Bonchev–Trinajstić information content (AvgIpc) is 3.48. The fourth-order valence-corrected chi connectivity index (χ4v) is 9.61. The highest BCUT2D eigenvalue weighted by atomic mass is 127. The first-order valence-corrected chi connectivity index (χ1v) is 17.4. The number of fused-ring (bicyclic) bond motifs is 1. The van der Waals surface area contributed by atoms with Gasteiger partial charge < -0.3 is 34.3 Å². The summed E-state index contributed by atoms with van der Waals surface area (Å²) in [4.78, 5) is 29.9. The van der Waals surface area contributed by atoms with Gasteiger partial charge >= 0.3 is 0 Å². The number of para-hydroxylation sites is 2. The van der Waals surface area contributed by atoms with E-state index < -0.39 is 18.2 Å². The Labute approximate surface area is 282 Å². The van der Waals surface area contributed by atoms with Crippen LogP contribution in [0.2, 0.25) is 0 Å². The Morgan fingerprint density at radius 1 is 1.04 bits per heavy atom. The van der Waals surface area contributed by atoms with E-state index in [-0.39, 0.29) is 42.6 Å². The van der Waals surface area contributed by atoms with E-state index >= 15 is 0 Å². The van der Waals surface area contributed by atoms with Gasteiger partial charge in [-0.2, -0.15) is 0 Å². The molecule has 244 valence electrons. The van der Waals surface area contributed by atoms with Gasteiger partial charge in [0.05, 0.1) is 23.3 Å². The van der Waals surface area contributed by atoms with E-state index in [1.165, 1.54) is 19.3 Å². The highest BCUT2D eigenvalue weighted by Crippen LogP contribution is 2.60. The van der Waals surface area contributed by atoms with Crippen LogP contribution in [-0.2, 0) is 4.79 Å². The molecule has 4 saturated carbocycles. The minimum atomic E-state index is -1.11. The Balaban J connectivity index is 1.28. The fraction of sp³-hybridized carbons (Fsp3) is 0.500. The van der Waals surface area contributed by atoms with Crippen LogP contribution < -0.4 is 14.8 Å². The minimum absolute atomic E-state index is 0.0422. The minimum Gasteiger partial charge on any atom is -0.493 e. The predicted molar refractivity (Wildman–Crippen MR) is 181 cm³/mol. The quantitative estimate of drug-likeness (QED) is 0.241. The number of nitrogens with one attached hydrogen (secondary N) is 1. The molecule has 1 heterocycles. The third-order valence-electron chi connectivity index (χ3n) is 10.6. The number of amides is 2. The van der Waals surface area contributed by atoms with Crippen molar-refractivity contribution in [2.75, 3.05) is 26.8 Å². The number of halogens is 1. The molecule has 0 saturated heterocycles. The monoisotopic (exact) mass is 740 g/mol. The zero-order valence-electron chi connectivity index (χ0n) is 26.0. The second kappa shape index (κ2) is 12.8. The largest absolute Gasteiger partial charge is 0.493 e.